The van der Waals surface area contributed by atoms with Crippen LogP contribution in [0.25, 0.3) is 0 Å². The largest absolute Gasteiger partial charge is 0.492 e. The van der Waals surface area contributed by atoms with E-state index >= 15 is 0 Å². The topological polar surface area (TPSA) is 134 Å². The fourth-order valence-electron chi connectivity index (χ4n) is 2.53. The van der Waals surface area contributed by atoms with Gasteiger partial charge in [-0.15, -0.1) is 0 Å². The monoisotopic (exact) mass is 356 g/mol. The summed E-state index contributed by atoms with van der Waals surface area (Å²) in [5.41, 5.74) is 13.7. The molecule has 2 aromatic carbocycles. The van der Waals surface area contributed by atoms with Crippen LogP contribution in [0, 0.1) is 5.41 Å². The summed E-state index contributed by atoms with van der Waals surface area (Å²) < 4.78 is 5.63. The van der Waals surface area contributed by atoms with Crippen molar-refractivity contribution >= 4 is 17.5 Å². The highest BCUT2D eigenvalue weighted by molar-refractivity contribution is 5.95. The number of hydrogen-bond acceptors (Lipinski definition) is 5. The number of aliphatic carboxylic acids is 1. The number of hydrogen-bond donors (Lipinski definition) is 5. The summed E-state index contributed by atoms with van der Waals surface area (Å²) in [6.45, 7) is 2.65. The SMILES string of the molecule is CCc1ccc(OCCN)c(C(Nc2ccc(C(=N)N)cc2)C(=O)O)c1. The van der Waals surface area contributed by atoms with Gasteiger partial charge in [0, 0.05) is 23.4 Å². The Morgan fingerprint density at radius 1 is 1.27 bits per heavy atom. The zero-order valence-corrected chi connectivity index (χ0v) is 14.7. The quantitative estimate of drug-likeness (QED) is 0.345. The summed E-state index contributed by atoms with van der Waals surface area (Å²) in [6, 6.07) is 11.2. The van der Waals surface area contributed by atoms with Crippen LogP contribution in [0.3, 0.4) is 0 Å². The van der Waals surface area contributed by atoms with Crippen molar-refractivity contribution < 1.29 is 14.6 Å². The molecule has 0 radical (unpaired) electrons. The zero-order valence-electron chi connectivity index (χ0n) is 14.7. The molecule has 0 aromatic heterocycles. The maximum Gasteiger partial charge on any atom is 0.330 e. The van der Waals surface area contributed by atoms with Crippen molar-refractivity contribution in [2.75, 3.05) is 18.5 Å². The molecule has 0 spiro atoms. The van der Waals surface area contributed by atoms with Gasteiger partial charge in [0.15, 0.2) is 6.04 Å². The second-order valence-corrected chi connectivity index (χ2v) is 5.77. The molecule has 0 saturated carbocycles. The summed E-state index contributed by atoms with van der Waals surface area (Å²) in [5, 5.41) is 20.2. The van der Waals surface area contributed by atoms with Crippen LogP contribution in [0.4, 0.5) is 5.69 Å². The van der Waals surface area contributed by atoms with Gasteiger partial charge in [0.1, 0.15) is 18.2 Å². The van der Waals surface area contributed by atoms with Gasteiger partial charge in [-0.3, -0.25) is 5.41 Å². The minimum absolute atomic E-state index is 0.0422. The molecule has 0 saturated heterocycles. The number of nitrogens with one attached hydrogen (secondary N) is 2. The molecule has 0 aliphatic rings. The third-order valence-electron chi connectivity index (χ3n) is 3.92. The first kappa shape index (κ1) is 19.3. The van der Waals surface area contributed by atoms with Gasteiger partial charge >= 0.3 is 5.97 Å². The van der Waals surface area contributed by atoms with Crippen LogP contribution in [0.5, 0.6) is 5.75 Å². The van der Waals surface area contributed by atoms with Gasteiger partial charge in [-0.1, -0.05) is 13.0 Å². The van der Waals surface area contributed by atoms with Crippen LogP contribution in [-0.4, -0.2) is 30.1 Å². The van der Waals surface area contributed by atoms with Gasteiger partial charge in [-0.2, -0.15) is 0 Å². The third-order valence-corrected chi connectivity index (χ3v) is 3.92. The van der Waals surface area contributed by atoms with Gasteiger partial charge in [0.25, 0.3) is 0 Å². The van der Waals surface area contributed by atoms with Crippen molar-refractivity contribution in [3.8, 4) is 5.75 Å². The number of aryl methyl sites for hydroxylation is 1. The minimum Gasteiger partial charge on any atom is -0.492 e. The second kappa shape index (κ2) is 8.87. The van der Waals surface area contributed by atoms with E-state index in [9.17, 15) is 9.90 Å². The van der Waals surface area contributed by atoms with Gasteiger partial charge in [-0.25, -0.2) is 4.79 Å². The van der Waals surface area contributed by atoms with E-state index in [2.05, 4.69) is 5.32 Å². The molecule has 2 aromatic rings. The first-order valence-corrected chi connectivity index (χ1v) is 8.35. The van der Waals surface area contributed by atoms with E-state index in [0.29, 0.717) is 35.7 Å². The van der Waals surface area contributed by atoms with E-state index in [-0.39, 0.29) is 5.84 Å². The van der Waals surface area contributed by atoms with Crippen LogP contribution < -0.4 is 21.5 Å². The van der Waals surface area contributed by atoms with Crippen molar-refractivity contribution in [1.82, 2.24) is 0 Å². The van der Waals surface area contributed by atoms with Crippen molar-refractivity contribution in [2.24, 2.45) is 11.5 Å². The van der Waals surface area contributed by atoms with E-state index in [1.165, 1.54) is 0 Å². The number of nitrogens with two attached hydrogens (primary N) is 2. The molecule has 1 atom stereocenters. The van der Waals surface area contributed by atoms with Gasteiger partial charge in [0.05, 0.1) is 0 Å². The molecule has 7 N–H and O–H groups in total. The molecule has 1 unspecified atom stereocenters. The Bertz CT molecular complexity index is 775. The summed E-state index contributed by atoms with van der Waals surface area (Å²) >= 11 is 0. The van der Waals surface area contributed by atoms with Crippen LogP contribution >= 0.6 is 0 Å². The average molecular weight is 356 g/mol. The molecule has 7 nitrogen and oxygen atoms in total. The summed E-state index contributed by atoms with van der Waals surface area (Å²) in [5.74, 6) is -0.571. The molecule has 0 fully saturated rings. The Balaban J connectivity index is 2.36. The molecule has 7 heteroatoms. The predicted octanol–water partition coefficient (Wildman–Crippen LogP) is 2.11. The molecule has 0 aliphatic carbocycles. The van der Waals surface area contributed by atoms with Gasteiger partial charge in [-0.05, 0) is 48.4 Å². The Morgan fingerprint density at radius 2 is 1.96 bits per heavy atom. The highest BCUT2D eigenvalue weighted by Gasteiger charge is 2.24. The van der Waals surface area contributed by atoms with Crippen LogP contribution in [0.2, 0.25) is 0 Å². The summed E-state index contributed by atoms with van der Waals surface area (Å²) in [6.07, 6.45) is 0.782. The van der Waals surface area contributed by atoms with Crippen LogP contribution in [0.1, 0.15) is 29.7 Å². The van der Waals surface area contributed by atoms with Crippen molar-refractivity contribution in [3.05, 3.63) is 59.2 Å². The van der Waals surface area contributed by atoms with E-state index in [0.717, 1.165) is 12.0 Å². The van der Waals surface area contributed by atoms with Gasteiger partial charge < -0.3 is 26.6 Å². The highest BCUT2D eigenvalue weighted by atomic mass is 16.5. The van der Waals surface area contributed by atoms with Crippen molar-refractivity contribution in [3.63, 3.8) is 0 Å². The molecular formula is C19H24N4O3. The lowest BCUT2D eigenvalue weighted by Gasteiger charge is -2.20. The predicted molar refractivity (Wildman–Crippen MR) is 102 cm³/mol. The van der Waals surface area contributed by atoms with E-state index < -0.39 is 12.0 Å². The lowest BCUT2D eigenvalue weighted by atomic mass is 10.0. The number of carboxylic acids is 1. The first-order valence-electron chi connectivity index (χ1n) is 8.35. The van der Waals surface area contributed by atoms with E-state index in [1.807, 2.05) is 19.1 Å². The number of nitrogen functional groups attached to an aromatic ring is 1. The standard InChI is InChI=1S/C19H24N4O3/c1-2-12-3-8-16(26-10-9-20)15(11-12)17(19(24)25)23-14-6-4-13(5-7-14)18(21)22/h3-8,11,17,23H,2,9-10,20H2,1H3,(H3,21,22)(H,24,25). The zero-order chi connectivity index (χ0) is 19.1. The van der Waals surface area contributed by atoms with Crippen molar-refractivity contribution in [1.29, 1.82) is 5.41 Å². The minimum atomic E-state index is -1.02. The van der Waals surface area contributed by atoms with Crippen LogP contribution in [0.15, 0.2) is 42.5 Å². The third kappa shape index (κ3) is 4.73. The maximum atomic E-state index is 11.9. The van der Waals surface area contributed by atoms with E-state index in [1.54, 1.807) is 30.3 Å². The first-order chi connectivity index (χ1) is 12.5. The van der Waals surface area contributed by atoms with Gasteiger partial charge in [0.2, 0.25) is 0 Å². The summed E-state index contributed by atoms with van der Waals surface area (Å²) in [7, 11) is 0. The average Bonchev–Trinajstić information content (AvgIpc) is 2.64. The number of benzene rings is 2. The molecule has 0 aliphatic heterocycles. The molecular weight excluding hydrogens is 332 g/mol. The number of carboxylic acid groups (broad SMARTS) is 1. The Morgan fingerprint density at radius 3 is 2.50 bits per heavy atom. The number of anilines is 1. The maximum absolute atomic E-state index is 11.9. The Hall–Kier alpha value is -3.06. The molecule has 26 heavy (non-hydrogen) atoms. The van der Waals surface area contributed by atoms with E-state index in [4.69, 9.17) is 21.6 Å². The Kier molecular flexibility index (Phi) is 6.57. The smallest absolute Gasteiger partial charge is 0.330 e. The number of rotatable bonds is 9. The Labute approximate surface area is 152 Å². The second-order valence-electron chi connectivity index (χ2n) is 5.77. The molecule has 0 heterocycles. The van der Waals surface area contributed by atoms with Crippen LogP contribution in [-0.2, 0) is 11.2 Å². The molecule has 138 valence electrons. The number of carbonyl (C=O) groups is 1. The lowest BCUT2D eigenvalue weighted by molar-refractivity contribution is -0.138. The lowest BCUT2D eigenvalue weighted by Crippen LogP contribution is -2.22. The molecule has 0 bridgehead atoms. The fraction of sp³-hybridized carbons (Fsp3) is 0.263. The molecule has 2 rings (SSSR count). The highest BCUT2D eigenvalue weighted by Crippen LogP contribution is 2.30. The fourth-order valence-corrected chi connectivity index (χ4v) is 2.53. The van der Waals surface area contributed by atoms with Crippen molar-refractivity contribution in [2.45, 2.75) is 19.4 Å². The molecule has 0 amide bonds. The number of amidine groups is 1. The number of ether oxygens (including phenoxy) is 1. The summed E-state index contributed by atoms with van der Waals surface area (Å²) in [4.78, 5) is 11.9. The normalized spacial score (nSPS) is 11.6.